The topological polar surface area (TPSA) is 66.5 Å². The molecule has 22 heavy (non-hydrogen) atoms. The summed E-state index contributed by atoms with van der Waals surface area (Å²) in [5.74, 6) is -1.06. The Hall–Kier alpha value is -2.17. The highest BCUT2D eigenvalue weighted by molar-refractivity contribution is 6.22. The molecule has 1 aliphatic rings. The summed E-state index contributed by atoms with van der Waals surface area (Å²) >= 11 is 0. The summed E-state index contributed by atoms with van der Waals surface area (Å²) < 4.78 is 0. The largest absolute Gasteiger partial charge is 0.355 e. The maximum Gasteiger partial charge on any atom is 0.262 e. The molecule has 2 rings (SSSR count). The molecule has 1 aromatic rings. The van der Waals surface area contributed by atoms with Gasteiger partial charge in [0.15, 0.2) is 0 Å². The Morgan fingerprint density at radius 2 is 1.82 bits per heavy atom. The van der Waals surface area contributed by atoms with E-state index in [-0.39, 0.29) is 24.3 Å². The lowest BCUT2D eigenvalue weighted by atomic mass is 10.1. The molecule has 0 aromatic heterocycles. The van der Waals surface area contributed by atoms with Crippen LogP contribution in [0.2, 0.25) is 0 Å². The minimum absolute atomic E-state index is 0.209. The zero-order valence-corrected chi connectivity index (χ0v) is 13.1. The van der Waals surface area contributed by atoms with Gasteiger partial charge in [-0.1, -0.05) is 37.8 Å². The molecule has 0 fully saturated rings. The Kier molecular flexibility index (Phi) is 5.31. The first kappa shape index (κ1) is 16.2. The van der Waals surface area contributed by atoms with Gasteiger partial charge in [0.25, 0.3) is 11.8 Å². The fourth-order valence-corrected chi connectivity index (χ4v) is 2.53. The van der Waals surface area contributed by atoms with Gasteiger partial charge in [0.05, 0.1) is 11.1 Å². The van der Waals surface area contributed by atoms with Crippen LogP contribution in [0.3, 0.4) is 0 Å². The predicted molar refractivity (Wildman–Crippen MR) is 83.7 cm³/mol. The fraction of sp³-hybridized carbons (Fsp3) is 0.471. The summed E-state index contributed by atoms with van der Waals surface area (Å²) in [4.78, 5) is 37.3. The highest BCUT2D eigenvalue weighted by atomic mass is 16.2. The van der Waals surface area contributed by atoms with Crippen molar-refractivity contribution in [2.45, 2.75) is 39.5 Å². The van der Waals surface area contributed by atoms with Gasteiger partial charge >= 0.3 is 0 Å². The van der Waals surface area contributed by atoms with E-state index in [0.29, 0.717) is 17.7 Å². The van der Waals surface area contributed by atoms with Crippen LogP contribution in [-0.2, 0) is 4.79 Å². The van der Waals surface area contributed by atoms with Crippen LogP contribution >= 0.6 is 0 Å². The highest BCUT2D eigenvalue weighted by Gasteiger charge is 2.36. The Bertz CT molecular complexity index is 596. The zero-order chi connectivity index (χ0) is 16.1. The highest BCUT2D eigenvalue weighted by Crippen LogP contribution is 2.23. The third-order valence-corrected chi connectivity index (χ3v) is 3.78. The molecule has 0 spiro atoms. The van der Waals surface area contributed by atoms with Gasteiger partial charge in [-0.25, -0.2) is 0 Å². The van der Waals surface area contributed by atoms with Crippen molar-refractivity contribution in [2.24, 2.45) is 0 Å². The molecule has 118 valence electrons. The summed E-state index contributed by atoms with van der Waals surface area (Å²) in [5, 5.41) is 2.76. The van der Waals surface area contributed by atoms with E-state index in [2.05, 4.69) is 12.2 Å². The first-order chi connectivity index (χ1) is 10.5. The zero-order valence-electron chi connectivity index (χ0n) is 13.1. The van der Waals surface area contributed by atoms with Crippen LogP contribution in [-0.4, -0.2) is 35.7 Å². The number of amides is 3. The lowest BCUT2D eigenvalue weighted by Crippen LogP contribution is -2.40. The van der Waals surface area contributed by atoms with Crippen molar-refractivity contribution in [1.82, 2.24) is 10.2 Å². The Morgan fingerprint density at radius 1 is 1.09 bits per heavy atom. The third-order valence-electron chi connectivity index (χ3n) is 3.78. The Morgan fingerprint density at radius 3 is 2.55 bits per heavy atom. The monoisotopic (exact) mass is 302 g/mol. The second kappa shape index (κ2) is 7.20. The molecule has 3 amide bonds. The summed E-state index contributed by atoms with van der Waals surface area (Å²) in [6.07, 6.45) is 4.28. The van der Waals surface area contributed by atoms with Crippen molar-refractivity contribution in [3.8, 4) is 0 Å². The number of carbonyl (C=O) groups is 3. The maximum atomic E-state index is 12.2. The molecule has 1 N–H and O–H groups in total. The number of aryl methyl sites for hydroxylation is 1. The van der Waals surface area contributed by atoms with Gasteiger partial charge in [-0.05, 0) is 25.5 Å². The number of carbonyl (C=O) groups excluding carboxylic acids is 3. The molecule has 5 nitrogen and oxygen atoms in total. The molecule has 0 aliphatic carbocycles. The van der Waals surface area contributed by atoms with E-state index in [1.54, 1.807) is 18.2 Å². The molecule has 1 heterocycles. The SMILES string of the molecule is CCCCCCNC(=O)CN1C(=O)c2ccc(C)cc2C1=O. The van der Waals surface area contributed by atoms with E-state index in [1.807, 2.05) is 6.92 Å². The number of nitrogens with one attached hydrogen (secondary N) is 1. The van der Waals surface area contributed by atoms with E-state index < -0.39 is 0 Å². The average Bonchev–Trinajstić information content (AvgIpc) is 2.72. The van der Waals surface area contributed by atoms with Gasteiger partial charge < -0.3 is 5.32 Å². The number of fused-ring (bicyclic) bond motifs is 1. The van der Waals surface area contributed by atoms with E-state index in [9.17, 15) is 14.4 Å². The average molecular weight is 302 g/mol. The molecule has 1 aromatic carbocycles. The van der Waals surface area contributed by atoms with E-state index in [0.717, 1.165) is 36.1 Å². The quantitative estimate of drug-likeness (QED) is 0.621. The smallest absolute Gasteiger partial charge is 0.262 e. The van der Waals surface area contributed by atoms with E-state index in [1.165, 1.54) is 0 Å². The Labute approximate surface area is 130 Å². The molecular formula is C17H22N2O3. The molecule has 1 aliphatic heterocycles. The van der Waals surface area contributed by atoms with Gasteiger partial charge in [-0.15, -0.1) is 0 Å². The molecule has 0 saturated carbocycles. The molecule has 5 heteroatoms. The normalized spacial score (nSPS) is 13.5. The van der Waals surface area contributed by atoms with Gasteiger partial charge in [-0.2, -0.15) is 0 Å². The number of imide groups is 1. The number of nitrogens with zero attached hydrogens (tertiary/aromatic N) is 1. The van der Waals surface area contributed by atoms with Gasteiger partial charge in [0.1, 0.15) is 6.54 Å². The standard InChI is InChI=1S/C17H22N2O3/c1-3-4-5-6-9-18-15(20)11-19-16(21)13-8-7-12(2)10-14(13)17(19)22/h7-8,10H,3-6,9,11H2,1-2H3,(H,18,20). The molecular weight excluding hydrogens is 280 g/mol. The van der Waals surface area contributed by atoms with Gasteiger partial charge in [-0.3, -0.25) is 19.3 Å². The molecule has 0 atom stereocenters. The van der Waals surface area contributed by atoms with Crippen molar-refractivity contribution in [2.75, 3.05) is 13.1 Å². The van der Waals surface area contributed by atoms with Crippen LogP contribution in [0.1, 0.15) is 58.9 Å². The minimum Gasteiger partial charge on any atom is -0.355 e. The molecule has 0 radical (unpaired) electrons. The maximum absolute atomic E-state index is 12.2. The lowest BCUT2D eigenvalue weighted by molar-refractivity contribution is -0.121. The van der Waals surface area contributed by atoms with Crippen LogP contribution in [0, 0.1) is 6.92 Å². The summed E-state index contributed by atoms with van der Waals surface area (Å²) in [6.45, 7) is 4.37. The summed E-state index contributed by atoms with van der Waals surface area (Å²) in [7, 11) is 0. The Balaban J connectivity index is 1.90. The van der Waals surface area contributed by atoms with Crippen LogP contribution in [0.4, 0.5) is 0 Å². The van der Waals surface area contributed by atoms with E-state index in [4.69, 9.17) is 0 Å². The fourth-order valence-electron chi connectivity index (χ4n) is 2.53. The van der Waals surface area contributed by atoms with Gasteiger partial charge in [0, 0.05) is 6.54 Å². The predicted octanol–water partition coefficient (Wildman–Crippen LogP) is 2.29. The number of rotatable bonds is 7. The summed E-state index contributed by atoms with van der Waals surface area (Å²) in [5.41, 5.74) is 1.69. The van der Waals surface area contributed by atoms with Crippen molar-refractivity contribution in [3.05, 3.63) is 34.9 Å². The minimum atomic E-state index is -0.388. The number of benzene rings is 1. The molecule has 0 saturated heterocycles. The van der Waals surface area contributed by atoms with E-state index >= 15 is 0 Å². The van der Waals surface area contributed by atoms with Crippen LogP contribution in [0.5, 0.6) is 0 Å². The second-order valence-corrected chi connectivity index (χ2v) is 5.66. The van der Waals surface area contributed by atoms with Crippen molar-refractivity contribution in [3.63, 3.8) is 0 Å². The molecule has 0 bridgehead atoms. The van der Waals surface area contributed by atoms with Gasteiger partial charge in [0.2, 0.25) is 5.91 Å². The van der Waals surface area contributed by atoms with Crippen LogP contribution in [0.25, 0.3) is 0 Å². The van der Waals surface area contributed by atoms with Crippen molar-refractivity contribution >= 4 is 17.7 Å². The number of hydrogen-bond acceptors (Lipinski definition) is 3. The summed E-state index contributed by atoms with van der Waals surface area (Å²) in [6, 6.07) is 5.13. The second-order valence-electron chi connectivity index (χ2n) is 5.66. The number of unbranched alkanes of at least 4 members (excludes halogenated alkanes) is 3. The third kappa shape index (κ3) is 3.53. The lowest BCUT2D eigenvalue weighted by Gasteiger charge is -2.13. The first-order valence-corrected chi connectivity index (χ1v) is 7.78. The first-order valence-electron chi connectivity index (χ1n) is 7.78. The van der Waals surface area contributed by atoms with Crippen LogP contribution in [0.15, 0.2) is 18.2 Å². The van der Waals surface area contributed by atoms with Crippen molar-refractivity contribution < 1.29 is 14.4 Å². The van der Waals surface area contributed by atoms with Crippen molar-refractivity contribution in [1.29, 1.82) is 0 Å². The molecule has 0 unspecified atom stereocenters. The number of hydrogen-bond donors (Lipinski definition) is 1. The van der Waals surface area contributed by atoms with Crippen LogP contribution < -0.4 is 5.32 Å².